The van der Waals surface area contributed by atoms with Crippen LogP contribution in [-0.4, -0.2) is 19.8 Å². The zero-order chi connectivity index (χ0) is 16.7. The summed E-state index contributed by atoms with van der Waals surface area (Å²) in [5.41, 5.74) is 2.36. The second-order valence-corrected chi connectivity index (χ2v) is 9.50. The summed E-state index contributed by atoms with van der Waals surface area (Å²) in [7, 11) is -2.25. The number of hydrogen-bond donors (Lipinski definition) is 1. The average Bonchev–Trinajstić information content (AvgIpc) is 2.68. The van der Waals surface area contributed by atoms with E-state index in [4.69, 9.17) is 0 Å². The summed E-state index contributed by atoms with van der Waals surface area (Å²) in [5, 5.41) is 13.3. The molecule has 3 aromatic rings. The first-order valence-corrected chi connectivity index (χ1v) is 10.4. The number of rotatable bonds is 6. The van der Waals surface area contributed by atoms with Crippen LogP contribution in [-0.2, 0) is 0 Å². The molecule has 0 fully saturated rings. The van der Waals surface area contributed by atoms with Crippen LogP contribution in [0.3, 0.4) is 0 Å². The Kier molecular flexibility index (Phi) is 5.42. The lowest BCUT2D eigenvalue weighted by Crippen LogP contribution is -2.66. The molecule has 0 unspecified atom stereocenters. The number of benzene rings is 3. The molecule has 0 saturated carbocycles. The van der Waals surface area contributed by atoms with E-state index in [0.29, 0.717) is 6.42 Å². The van der Waals surface area contributed by atoms with E-state index in [1.54, 1.807) is 0 Å². The van der Waals surface area contributed by atoms with E-state index < -0.39 is 8.07 Å². The predicted octanol–water partition coefficient (Wildman–Crippen LogP) is 2.63. The Hall–Kier alpha value is -2.42. The lowest BCUT2D eigenvalue weighted by molar-refractivity contribution is 0.302. The topological polar surface area (TPSA) is 20.2 Å². The highest BCUT2D eigenvalue weighted by molar-refractivity contribution is 7.14. The van der Waals surface area contributed by atoms with E-state index in [2.05, 4.69) is 103 Å². The van der Waals surface area contributed by atoms with Gasteiger partial charge in [0.1, 0.15) is 0 Å². The van der Waals surface area contributed by atoms with Gasteiger partial charge in [0.2, 0.25) is 0 Å². The third kappa shape index (κ3) is 3.25. The Morgan fingerprint density at radius 1 is 0.625 bits per heavy atom. The Bertz CT molecular complexity index is 670. The van der Waals surface area contributed by atoms with Gasteiger partial charge in [-0.25, -0.2) is 0 Å². The molecule has 0 aliphatic carbocycles. The lowest BCUT2D eigenvalue weighted by Gasteiger charge is -2.30. The minimum Gasteiger partial charge on any atom is -0.396 e. The van der Waals surface area contributed by atoms with Gasteiger partial charge in [0.25, 0.3) is 0 Å². The molecule has 0 heterocycles. The summed E-state index contributed by atoms with van der Waals surface area (Å²) in [4.78, 5) is 0. The molecular weight excluding hydrogens is 308 g/mol. The molecular formula is C22H22OSi. The molecule has 0 saturated heterocycles. The zero-order valence-electron chi connectivity index (χ0n) is 13.7. The summed E-state index contributed by atoms with van der Waals surface area (Å²) in [6.07, 6.45) is 2.82. The second kappa shape index (κ2) is 7.91. The number of aliphatic hydroxyl groups excluding tert-OH is 1. The maximum Gasteiger partial charge on any atom is 0.172 e. The van der Waals surface area contributed by atoms with Crippen molar-refractivity contribution in [2.24, 2.45) is 0 Å². The normalized spacial score (nSPS) is 11.7. The first-order valence-electron chi connectivity index (χ1n) is 8.33. The quantitative estimate of drug-likeness (QED) is 0.544. The van der Waals surface area contributed by atoms with Crippen molar-refractivity contribution in [3.8, 4) is 0 Å². The Morgan fingerprint density at radius 3 is 1.33 bits per heavy atom. The van der Waals surface area contributed by atoms with Gasteiger partial charge in [-0.15, -0.1) is 0 Å². The van der Waals surface area contributed by atoms with Crippen molar-refractivity contribution in [1.82, 2.24) is 0 Å². The van der Waals surface area contributed by atoms with E-state index >= 15 is 0 Å². The van der Waals surface area contributed by atoms with Gasteiger partial charge in [0.15, 0.2) is 8.07 Å². The molecule has 0 aliphatic heterocycles. The van der Waals surface area contributed by atoms with Crippen molar-refractivity contribution < 1.29 is 5.11 Å². The molecule has 0 radical (unpaired) electrons. The van der Waals surface area contributed by atoms with Crippen LogP contribution in [0.4, 0.5) is 0 Å². The molecule has 0 aliphatic rings. The monoisotopic (exact) mass is 330 g/mol. The minimum atomic E-state index is -2.25. The minimum absolute atomic E-state index is 0.180. The number of aliphatic hydroxyl groups is 1. The molecule has 1 nitrogen and oxygen atoms in total. The number of hydrogen-bond acceptors (Lipinski definition) is 1. The molecule has 0 amide bonds. The SMILES string of the molecule is OCC/C=C\[Si](c1ccccc1)(c1ccccc1)c1ccccc1. The predicted molar refractivity (Wildman–Crippen MR) is 105 cm³/mol. The molecule has 3 rings (SSSR count). The van der Waals surface area contributed by atoms with Crippen molar-refractivity contribution in [2.75, 3.05) is 6.61 Å². The van der Waals surface area contributed by atoms with Crippen LogP contribution in [0.1, 0.15) is 6.42 Å². The molecule has 0 bridgehead atoms. The van der Waals surface area contributed by atoms with Crippen LogP contribution < -0.4 is 15.6 Å². The third-order valence-corrected chi connectivity index (χ3v) is 8.82. The van der Waals surface area contributed by atoms with E-state index in [1.807, 2.05) is 0 Å². The maximum atomic E-state index is 9.24. The fourth-order valence-electron chi connectivity index (χ4n) is 3.23. The van der Waals surface area contributed by atoms with Gasteiger partial charge in [-0.05, 0) is 22.0 Å². The van der Waals surface area contributed by atoms with Crippen molar-refractivity contribution in [1.29, 1.82) is 0 Å². The summed E-state index contributed by atoms with van der Waals surface area (Å²) < 4.78 is 0. The van der Waals surface area contributed by atoms with Gasteiger partial charge < -0.3 is 5.11 Å². The fraction of sp³-hybridized carbons (Fsp3) is 0.0909. The molecule has 0 atom stereocenters. The van der Waals surface area contributed by atoms with Crippen LogP contribution in [0, 0.1) is 0 Å². The highest BCUT2D eigenvalue weighted by atomic mass is 28.3. The molecule has 120 valence electrons. The van der Waals surface area contributed by atoms with E-state index in [9.17, 15) is 5.11 Å². The summed E-state index contributed by atoms with van der Waals surface area (Å²) in [6.45, 7) is 0.180. The molecule has 0 spiro atoms. The largest absolute Gasteiger partial charge is 0.396 e. The summed E-state index contributed by atoms with van der Waals surface area (Å²) >= 11 is 0. The summed E-state index contributed by atoms with van der Waals surface area (Å²) in [6, 6.07) is 32.3. The average molecular weight is 331 g/mol. The fourth-order valence-corrected chi connectivity index (χ4v) is 7.48. The molecule has 24 heavy (non-hydrogen) atoms. The lowest BCUT2D eigenvalue weighted by atomic mass is 10.3. The summed E-state index contributed by atoms with van der Waals surface area (Å²) in [5.74, 6) is 0. The van der Waals surface area contributed by atoms with Gasteiger partial charge in [0.05, 0.1) is 0 Å². The van der Waals surface area contributed by atoms with Crippen LogP contribution in [0.25, 0.3) is 0 Å². The van der Waals surface area contributed by atoms with Crippen LogP contribution in [0.2, 0.25) is 0 Å². The van der Waals surface area contributed by atoms with E-state index in [0.717, 1.165) is 0 Å². The van der Waals surface area contributed by atoms with Crippen molar-refractivity contribution in [3.63, 3.8) is 0 Å². The molecule has 3 aromatic carbocycles. The van der Waals surface area contributed by atoms with Gasteiger partial charge >= 0.3 is 0 Å². The molecule has 1 N–H and O–H groups in total. The molecule has 2 heteroatoms. The third-order valence-electron chi connectivity index (χ3n) is 4.35. The Labute approximate surface area is 144 Å². The zero-order valence-corrected chi connectivity index (χ0v) is 14.7. The van der Waals surface area contributed by atoms with Gasteiger partial charge in [0, 0.05) is 6.61 Å². The van der Waals surface area contributed by atoms with Gasteiger partial charge in [-0.3, -0.25) is 0 Å². The maximum absolute atomic E-state index is 9.24. The molecule has 0 aromatic heterocycles. The highest BCUT2D eigenvalue weighted by Gasteiger charge is 2.36. The van der Waals surface area contributed by atoms with Crippen LogP contribution in [0.15, 0.2) is 103 Å². The standard InChI is InChI=1S/C22H22OSi/c23-18-10-11-19-24(20-12-4-1-5-13-20,21-14-6-2-7-15-21)22-16-8-3-9-17-22/h1-9,11-17,19,23H,10,18H2/b19-11-. The van der Waals surface area contributed by atoms with E-state index in [-0.39, 0.29) is 6.61 Å². The first-order chi connectivity index (χ1) is 11.9. The van der Waals surface area contributed by atoms with Crippen molar-refractivity contribution >= 4 is 23.6 Å². The highest BCUT2D eigenvalue weighted by Crippen LogP contribution is 2.10. The van der Waals surface area contributed by atoms with Gasteiger partial charge in [-0.2, -0.15) is 0 Å². The Balaban J connectivity index is 2.28. The van der Waals surface area contributed by atoms with Crippen LogP contribution >= 0.6 is 0 Å². The van der Waals surface area contributed by atoms with E-state index in [1.165, 1.54) is 15.6 Å². The smallest absolute Gasteiger partial charge is 0.172 e. The second-order valence-electron chi connectivity index (χ2n) is 5.82. The van der Waals surface area contributed by atoms with Crippen molar-refractivity contribution in [2.45, 2.75) is 6.42 Å². The first kappa shape index (κ1) is 16.4. The van der Waals surface area contributed by atoms with Crippen LogP contribution in [0.5, 0.6) is 0 Å². The van der Waals surface area contributed by atoms with Crippen molar-refractivity contribution in [3.05, 3.63) is 103 Å². The Morgan fingerprint density at radius 2 is 1.00 bits per heavy atom. The van der Waals surface area contributed by atoms with Gasteiger partial charge in [-0.1, -0.05) is 103 Å².